The minimum absolute atomic E-state index is 0.0155. The first-order valence-electron chi connectivity index (χ1n) is 7.06. The first kappa shape index (κ1) is 14.4. The van der Waals surface area contributed by atoms with E-state index in [4.69, 9.17) is 16.3 Å². The summed E-state index contributed by atoms with van der Waals surface area (Å²) < 4.78 is 6.22. The molecular formula is C16H27ClO. The molecular weight excluding hydrogens is 244 g/mol. The van der Waals surface area contributed by atoms with Gasteiger partial charge in [0.05, 0.1) is 16.6 Å². The van der Waals surface area contributed by atoms with E-state index in [-0.39, 0.29) is 16.6 Å². The zero-order valence-corrected chi connectivity index (χ0v) is 13.4. The van der Waals surface area contributed by atoms with Crippen molar-refractivity contribution in [3.63, 3.8) is 0 Å². The van der Waals surface area contributed by atoms with E-state index in [1.54, 1.807) is 0 Å². The number of hydrogen-bond acceptors (Lipinski definition) is 1. The van der Waals surface area contributed by atoms with Crippen molar-refractivity contribution in [3.05, 3.63) is 11.6 Å². The van der Waals surface area contributed by atoms with Gasteiger partial charge in [0.15, 0.2) is 0 Å². The van der Waals surface area contributed by atoms with E-state index in [0.29, 0.717) is 11.3 Å². The van der Waals surface area contributed by atoms with Crippen molar-refractivity contribution in [2.24, 2.45) is 11.3 Å². The Labute approximate surface area is 117 Å². The van der Waals surface area contributed by atoms with Crippen molar-refractivity contribution in [1.82, 2.24) is 0 Å². The molecule has 0 aromatic heterocycles. The Balaban J connectivity index is 2.27. The van der Waals surface area contributed by atoms with Gasteiger partial charge in [0, 0.05) is 5.92 Å². The number of alkyl halides is 1. The lowest BCUT2D eigenvalue weighted by molar-refractivity contribution is -0.0719. The molecule has 1 saturated heterocycles. The van der Waals surface area contributed by atoms with Crippen molar-refractivity contribution in [2.75, 3.05) is 0 Å². The molecule has 2 aliphatic rings. The zero-order valence-electron chi connectivity index (χ0n) is 12.6. The summed E-state index contributed by atoms with van der Waals surface area (Å²) in [5.41, 5.74) is 1.75. The maximum atomic E-state index is 6.42. The lowest BCUT2D eigenvalue weighted by atomic mass is 9.70. The summed E-state index contributed by atoms with van der Waals surface area (Å²) in [5, 5.41) is 0.184. The van der Waals surface area contributed by atoms with Gasteiger partial charge in [-0.2, -0.15) is 0 Å². The SMILES string of the molecule is CC1(C)CC(C2CC(C)(C)OC2(C)C)=CC(Cl)C1. The van der Waals surface area contributed by atoms with Crippen LogP contribution in [0.15, 0.2) is 11.6 Å². The van der Waals surface area contributed by atoms with Crippen LogP contribution in [0.25, 0.3) is 0 Å². The van der Waals surface area contributed by atoms with Crippen LogP contribution in [0.3, 0.4) is 0 Å². The fourth-order valence-electron chi connectivity index (χ4n) is 3.88. The minimum Gasteiger partial charge on any atom is -0.369 e. The van der Waals surface area contributed by atoms with E-state index < -0.39 is 0 Å². The molecule has 1 nitrogen and oxygen atoms in total. The van der Waals surface area contributed by atoms with Crippen molar-refractivity contribution >= 4 is 11.6 Å². The molecule has 104 valence electrons. The van der Waals surface area contributed by atoms with Gasteiger partial charge < -0.3 is 4.74 Å². The second-order valence-corrected chi connectivity index (χ2v) is 8.59. The zero-order chi connectivity index (χ0) is 13.8. The highest BCUT2D eigenvalue weighted by molar-refractivity contribution is 6.21. The quantitative estimate of drug-likeness (QED) is 0.485. The Bertz CT molecular complexity index is 365. The van der Waals surface area contributed by atoms with Gasteiger partial charge in [-0.15, -0.1) is 11.6 Å². The van der Waals surface area contributed by atoms with E-state index in [0.717, 1.165) is 19.3 Å². The standard InChI is InChI=1S/C16H27ClO/c1-14(2)8-11(7-12(17)9-14)13-10-15(3,4)18-16(13,5)6/h7,12-13H,8-10H2,1-6H3. The molecule has 1 fully saturated rings. The number of halogens is 1. The van der Waals surface area contributed by atoms with Crippen LogP contribution >= 0.6 is 11.6 Å². The molecule has 2 heteroatoms. The number of rotatable bonds is 1. The predicted molar refractivity (Wildman–Crippen MR) is 78.1 cm³/mol. The molecule has 0 bridgehead atoms. The fourth-order valence-corrected chi connectivity index (χ4v) is 4.46. The second-order valence-electron chi connectivity index (χ2n) is 8.02. The molecule has 2 rings (SSSR count). The smallest absolute Gasteiger partial charge is 0.0699 e. The van der Waals surface area contributed by atoms with Gasteiger partial charge in [-0.1, -0.05) is 25.5 Å². The Kier molecular flexibility index (Phi) is 3.40. The first-order valence-corrected chi connectivity index (χ1v) is 7.49. The molecule has 2 atom stereocenters. The van der Waals surface area contributed by atoms with Gasteiger partial charge in [0.2, 0.25) is 0 Å². The van der Waals surface area contributed by atoms with Gasteiger partial charge in [0.1, 0.15) is 0 Å². The average Bonchev–Trinajstić information content (AvgIpc) is 2.30. The molecule has 0 spiro atoms. The highest BCUT2D eigenvalue weighted by atomic mass is 35.5. The molecule has 0 N–H and O–H groups in total. The van der Waals surface area contributed by atoms with Crippen LogP contribution in [-0.4, -0.2) is 16.6 Å². The Morgan fingerprint density at radius 1 is 1.11 bits per heavy atom. The van der Waals surface area contributed by atoms with Gasteiger partial charge >= 0.3 is 0 Å². The highest BCUT2D eigenvalue weighted by Gasteiger charge is 2.48. The van der Waals surface area contributed by atoms with E-state index in [9.17, 15) is 0 Å². The summed E-state index contributed by atoms with van der Waals surface area (Å²) >= 11 is 6.42. The van der Waals surface area contributed by atoms with E-state index in [1.807, 2.05) is 0 Å². The summed E-state index contributed by atoms with van der Waals surface area (Å²) in [5.74, 6) is 0.508. The Hall–Kier alpha value is -0.0100. The predicted octanol–water partition coefficient (Wildman–Crippen LogP) is 4.93. The third-order valence-electron chi connectivity index (χ3n) is 4.35. The number of ether oxygens (including phenoxy) is 1. The molecule has 0 aromatic carbocycles. The van der Waals surface area contributed by atoms with Crippen LogP contribution in [-0.2, 0) is 4.74 Å². The summed E-state index contributed by atoms with van der Waals surface area (Å²) in [4.78, 5) is 0. The number of hydrogen-bond donors (Lipinski definition) is 0. The first-order chi connectivity index (χ1) is 8.01. The average molecular weight is 271 g/mol. The van der Waals surface area contributed by atoms with Crippen LogP contribution in [0.5, 0.6) is 0 Å². The van der Waals surface area contributed by atoms with Crippen LogP contribution in [0, 0.1) is 11.3 Å². The van der Waals surface area contributed by atoms with Gasteiger partial charge in [0.25, 0.3) is 0 Å². The van der Waals surface area contributed by atoms with Crippen molar-refractivity contribution in [3.8, 4) is 0 Å². The van der Waals surface area contributed by atoms with Gasteiger partial charge in [-0.25, -0.2) is 0 Å². The summed E-state index contributed by atoms with van der Waals surface area (Å²) in [6.07, 6.45) is 5.63. The van der Waals surface area contributed by atoms with Crippen molar-refractivity contribution < 1.29 is 4.74 Å². The summed E-state index contributed by atoms with van der Waals surface area (Å²) in [6.45, 7) is 13.5. The molecule has 1 aliphatic heterocycles. The van der Waals surface area contributed by atoms with E-state index >= 15 is 0 Å². The maximum Gasteiger partial charge on any atom is 0.0699 e. The molecule has 0 aromatic rings. The normalized spacial score (nSPS) is 37.4. The van der Waals surface area contributed by atoms with Crippen molar-refractivity contribution in [2.45, 2.75) is 77.4 Å². The molecule has 18 heavy (non-hydrogen) atoms. The number of allylic oxidation sites excluding steroid dienone is 1. The highest BCUT2D eigenvalue weighted by Crippen LogP contribution is 2.50. The van der Waals surface area contributed by atoms with Gasteiger partial charge in [-0.05, 0) is 52.4 Å². The maximum absolute atomic E-state index is 6.42. The summed E-state index contributed by atoms with van der Waals surface area (Å²) in [6, 6.07) is 0. The Morgan fingerprint density at radius 3 is 2.17 bits per heavy atom. The monoisotopic (exact) mass is 270 g/mol. The lowest BCUT2D eigenvalue weighted by Gasteiger charge is -2.37. The van der Waals surface area contributed by atoms with Gasteiger partial charge in [-0.3, -0.25) is 0 Å². The van der Waals surface area contributed by atoms with Crippen LogP contribution < -0.4 is 0 Å². The lowest BCUT2D eigenvalue weighted by Crippen LogP contribution is -2.33. The third-order valence-corrected chi connectivity index (χ3v) is 4.63. The fraction of sp³-hybridized carbons (Fsp3) is 0.875. The molecule has 2 unspecified atom stereocenters. The largest absolute Gasteiger partial charge is 0.369 e. The molecule has 1 heterocycles. The molecule has 0 radical (unpaired) electrons. The van der Waals surface area contributed by atoms with E-state index in [1.165, 1.54) is 5.57 Å². The topological polar surface area (TPSA) is 9.23 Å². The Morgan fingerprint density at radius 2 is 1.72 bits per heavy atom. The van der Waals surface area contributed by atoms with Crippen LogP contribution in [0.4, 0.5) is 0 Å². The molecule has 0 amide bonds. The van der Waals surface area contributed by atoms with Crippen LogP contribution in [0.2, 0.25) is 0 Å². The third kappa shape index (κ3) is 2.93. The van der Waals surface area contributed by atoms with Crippen LogP contribution in [0.1, 0.15) is 60.8 Å². The molecule has 1 aliphatic carbocycles. The van der Waals surface area contributed by atoms with Crippen molar-refractivity contribution in [1.29, 1.82) is 0 Å². The molecule has 0 saturated carbocycles. The van der Waals surface area contributed by atoms with E-state index in [2.05, 4.69) is 47.6 Å². The second kappa shape index (κ2) is 4.24. The minimum atomic E-state index is -0.0701. The summed E-state index contributed by atoms with van der Waals surface area (Å²) in [7, 11) is 0.